The number of carbonyl (C=O) groups is 1. The lowest BCUT2D eigenvalue weighted by Crippen LogP contribution is -2.43. The molecule has 0 aliphatic carbocycles. The minimum atomic E-state index is 0.00571. The van der Waals surface area contributed by atoms with Gasteiger partial charge in [-0.05, 0) is 24.5 Å². The molecule has 1 saturated heterocycles. The first-order valence-corrected chi connectivity index (χ1v) is 7.38. The molecule has 0 radical (unpaired) electrons. The predicted molar refractivity (Wildman–Crippen MR) is 81.1 cm³/mol. The molecule has 0 saturated carbocycles. The number of piperidine rings is 1. The van der Waals surface area contributed by atoms with Crippen molar-refractivity contribution in [2.45, 2.75) is 18.7 Å². The van der Waals surface area contributed by atoms with Gasteiger partial charge in [-0.2, -0.15) is 0 Å². The first kappa shape index (κ1) is 13.4. The molecule has 104 valence electrons. The maximum Gasteiger partial charge on any atom is 0.272 e. The minimum Gasteiger partial charge on any atom is -0.337 e. The van der Waals surface area contributed by atoms with Crippen molar-refractivity contribution in [3.8, 4) is 0 Å². The Morgan fingerprint density at radius 2 is 2.10 bits per heavy atom. The highest BCUT2D eigenvalue weighted by molar-refractivity contribution is 6.20. The Labute approximate surface area is 123 Å². The topological polar surface area (TPSA) is 33.2 Å². The molecule has 20 heavy (non-hydrogen) atoms. The fourth-order valence-corrected chi connectivity index (χ4v) is 2.83. The van der Waals surface area contributed by atoms with Gasteiger partial charge >= 0.3 is 0 Å². The lowest BCUT2D eigenvalue weighted by molar-refractivity contribution is 0.0681. The van der Waals surface area contributed by atoms with Crippen LogP contribution in [0.2, 0.25) is 0 Å². The molecule has 1 aliphatic heterocycles. The number of hydrogen-bond donors (Lipinski definition) is 0. The van der Waals surface area contributed by atoms with E-state index < -0.39 is 0 Å². The Balaban J connectivity index is 1.85. The normalized spacial score (nSPS) is 23.0. The number of amides is 1. The van der Waals surface area contributed by atoms with Crippen molar-refractivity contribution < 1.29 is 4.79 Å². The van der Waals surface area contributed by atoms with Crippen LogP contribution in [0.4, 0.5) is 0 Å². The average molecular weight is 289 g/mol. The van der Waals surface area contributed by atoms with Gasteiger partial charge in [0, 0.05) is 23.9 Å². The molecule has 3 rings (SSSR count). The summed E-state index contributed by atoms with van der Waals surface area (Å²) in [5.74, 6) is 0.334. The van der Waals surface area contributed by atoms with Crippen LogP contribution in [0.3, 0.4) is 0 Å². The monoisotopic (exact) mass is 288 g/mol. The molecule has 2 unspecified atom stereocenters. The summed E-state index contributed by atoms with van der Waals surface area (Å²) in [7, 11) is 0. The smallest absolute Gasteiger partial charge is 0.272 e. The maximum atomic E-state index is 12.5. The van der Waals surface area contributed by atoms with E-state index in [0.29, 0.717) is 24.7 Å². The number of benzene rings is 1. The summed E-state index contributed by atoms with van der Waals surface area (Å²) in [4.78, 5) is 18.8. The van der Waals surface area contributed by atoms with Gasteiger partial charge in [0.05, 0.1) is 5.52 Å². The van der Waals surface area contributed by atoms with Crippen molar-refractivity contribution >= 4 is 28.4 Å². The Kier molecular flexibility index (Phi) is 3.62. The van der Waals surface area contributed by atoms with Gasteiger partial charge in [0.25, 0.3) is 5.91 Å². The van der Waals surface area contributed by atoms with Crippen molar-refractivity contribution in [3.63, 3.8) is 0 Å². The van der Waals surface area contributed by atoms with Crippen LogP contribution >= 0.6 is 11.6 Å². The second kappa shape index (κ2) is 5.41. The second-order valence-electron chi connectivity index (χ2n) is 5.42. The molecular weight excluding hydrogens is 272 g/mol. The fourth-order valence-electron chi connectivity index (χ4n) is 2.65. The van der Waals surface area contributed by atoms with Crippen LogP contribution in [0.15, 0.2) is 36.4 Å². The molecule has 1 aromatic heterocycles. The van der Waals surface area contributed by atoms with E-state index in [1.54, 1.807) is 0 Å². The van der Waals surface area contributed by atoms with Crippen molar-refractivity contribution in [1.29, 1.82) is 0 Å². The standard InChI is InChI=1S/C16H17ClN2O/c1-11-10-19(9-8-13(11)17)16(20)15-7-6-12-4-2-3-5-14(12)18-15/h2-7,11,13H,8-10H2,1H3. The average Bonchev–Trinajstić information content (AvgIpc) is 2.49. The SMILES string of the molecule is CC1CN(C(=O)c2ccc3ccccc3n2)CCC1Cl. The highest BCUT2D eigenvalue weighted by Gasteiger charge is 2.28. The zero-order valence-electron chi connectivity index (χ0n) is 11.4. The quantitative estimate of drug-likeness (QED) is 0.754. The molecule has 4 heteroatoms. The molecule has 0 N–H and O–H groups in total. The zero-order valence-corrected chi connectivity index (χ0v) is 12.2. The number of carbonyl (C=O) groups excluding carboxylic acids is 1. The third kappa shape index (κ3) is 2.50. The summed E-state index contributed by atoms with van der Waals surface area (Å²) in [5, 5.41) is 1.22. The van der Waals surface area contributed by atoms with E-state index in [2.05, 4.69) is 11.9 Å². The minimum absolute atomic E-state index is 0.00571. The molecular formula is C16H17ClN2O. The van der Waals surface area contributed by atoms with Gasteiger partial charge in [-0.1, -0.05) is 31.2 Å². The summed E-state index contributed by atoms with van der Waals surface area (Å²) >= 11 is 6.21. The summed E-state index contributed by atoms with van der Waals surface area (Å²) in [6.45, 7) is 3.51. The van der Waals surface area contributed by atoms with Gasteiger partial charge in [0.15, 0.2) is 0 Å². The molecule has 2 heterocycles. The Hall–Kier alpha value is -1.61. The van der Waals surface area contributed by atoms with E-state index in [9.17, 15) is 4.79 Å². The molecule has 1 aromatic carbocycles. The molecule has 1 amide bonds. The van der Waals surface area contributed by atoms with Gasteiger partial charge in [0.2, 0.25) is 0 Å². The molecule has 2 atom stereocenters. The van der Waals surface area contributed by atoms with E-state index in [0.717, 1.165) is 17.3 Å². The van der Waals surface area contributed by atoms with Crippen LogP contribution in [-0.2, 0) is 0 Å². The molecule has 0 bridgehead atoms. The van der Waals surface area contributed by atoms with Gasteiger partial charge in [-0.15, -0.1) is 11.6 Å². The number of hydrogen-bond acceptors (Lipinski definition) is 2. The Bertz CT molecular complexity index is 643. The van der Waals surface area contributed by atoms with Crippen LogP contribution in [0.5, 0.6) is 0 Å². The fraction of sp³-hybridized carbons (Fsp3) is 0.375. The molecule has 1 fully saturated rings. The summed E-state index contributed by atoms with van der Waals surface area (Å²) in [6, 6.07) is 11.6. The van der Waals surface area contributed by atoms with Crippen molar-refractivity contribution in [3.05, 3.63) is 42.1 Å². The second-order valence-corrected chi connectivity index (χ2v) is 5.98. The number of rotatable bonds is 1. The zero-order chi connectivity index (χ0) is 14.1. The maximum absolute atomic E-state index is 12.5. The number of aromatic nitrogens is 1. The number of alkyl halides is 1. The highest BCUT2D eigenvalue weighted by Crippen LogP contribution is 2.23. The number of nitrogens with zero attached hydrogens (tertiary/aromatic N) is 2. The Morgan fingerprint density at radius 1 is 1.30 bits per heavy atom. The van der Waals surface area contributed by atoms with Gasteiger partial charge in [0.1, 0.15) is 5.69 Å². The van der Waals surface area contributed by atoms with Crippen LogP contribution in [0, 0.1) is 5.92 Å². The number of pyridine rings is 1. The largest absolute Gasteiger partial charge is 0.337 e. The van der Waals surface area contributed by atoms with E-state index >= 15 is 0 Å². The van der Waals surface area contributed by atoms with Gasteiger partial charge in [-0.3, -0.25) is 4.79 Å². The van der Waals surface area contributed by atoms with Crippen molar-refractivity contribution in [2.75, 3.05) is 13.1 Å². The van der Waals surface area contributed by atoms with Crippen molar-refractivity contribution in [2.24, 2.45) is 5.92 Å². The third-order valence-electron chi connectivity index (χ3n) is 3.91. The molecule has 1 aliphatic rings. The van der Waals surface area contributed by atoms with Gasteiger partial charge in [-0.25, -0.2) is 4.98 Å². The van der Waals surface area contributed by atoms with E-state index in [-0.39, 0.29) is 11.3 Å². The summed E-state index contributed by atoms with van der Waals surface area (Å²) < 4.78 is 0. The van der Waals surface area contributed by atoms with Crippen LogP contribution in [-0.4, -0.2) is 34.3 Å². The number of likely N-dealkylation sites (tertiary alicyclic amines) is 1. The van der Waals surface area contributed by atoms with E-state index in [1.807, 2.05) is 41.3 Å². The highest BCUT2D eigenvalue weighted by atomic mass is 35.5. The Morgan fingerprint density at radius 3 is 2.90 bits per heavy atom. The number of fused-ring (bicyclic) bond motifs is 1. The van der Waals surface area contributed by atoms with E-state index in [4.69, 9.17) is 11.6 Å². The van der Waals surface area contributed by atoms with Crippen molar-refractivity contribution in [1.82, 2.24) is 9.88 Å². The van der Waals surface area contributed by atoms with Crippen LogP contribution in [0.1, 0.15) is 23.8 Å². The van der Waals surface area contributed by atoms with Gasteiger partial charge < -0.3 is 4.90 Å². The van der Waals surface area contributed by atoms with Crippen LogP contribution < -0.4 is 0 Å². The molecule has 0 spiro atoms. The lowest BCUT2D eigenvalue weighted by Gasteiger charge is -2.33. The van der Waals surface area contributed by atoms with E-state index in [1.165, 1.54) is 0 Å². The lowest BCUT2D eigenvalue weighted by atomic mass is 9.99. The van der Waals surface area contributed by atoms with Crippen LogP contribution in [0.25, 0.3) is 10.9 Å². The summed E-state index contributed by atoms with van der Waals surface area (Å²) in [5.41, 5.74) is 1.38. The third-order valence-corrected chi connectivity index (χ3v) is 4.55. The predicted octanol–water partition coefficient (Wildman–Crippen LogP) is 3.32. The number of para-hydroxylation sites is 1. The summed E-state index contributed by atoms with van der Waals surface area (Å²) in [6.07, 6.45) is 0.849. The first-order valence-electron chi connectivity index (χ1n) is 6.94. The number of halogens is 1. The first-order chi connectivity index (χ1) is 9.65. The molecule has 2 aromatic rings. The molecule has 3 nitrogen and oxygen atoms in total.